The summed E-state index contributed by atoms with van der Waals surface area (Å²) in [7, 11) is 0. The van der Waals surface area contributed by atoms with E-state index in [0.717, 1.165) is 23.0 Å². The van der Waals surface area contributed by atoms with Crippen LogP contribution in [0.5, 0.6) is 0 Å². The minimum Gasteiger partial charge on any atom is -0.350 e. The molecule has 0 spiro atoms. The van der Waals surface area contributed by atoms with Crippen molar-refractivity contribution in [2.75, 3.05) is 0 Å². The summed E-state index contributed by atoms with van der Waals surface area (Å²) in [6.07, 6.45) is 0.924. The molecule has 1 N–H and O–H groups in total. The lowest BCUT2D eigenvalue weighted by Gasteiger charge is -2.13. The molecule has 2 rings (SSSR count). The van der Waals surface area contributed by atoms with E-state index in [0.29, 0.717) is 5.56 Å². The molecular weight excluding hydrogens is 224 g/mol. The third-order valence-electron chi connectivity index (χ3n) is 3.08. The number of aryl methyl sites for hydroxylation is 1. The van der Waals surface area contributed by atoms with Crippen LogP contribution in [0.2, 0.25) is 0 Å². The van der Waals surface area contributed by atoms with E-state index in [1.165, 1.54) is 0 Å². The molecular formula is C15H18N2O. The Hall–Kier alpha value is -1.90. The molecule has 0 bridgehead atoms. The molecule has 0 saturated heterocycles. The molecule has 1 atom stereocenters. The van der Waals surface area contributed by atoms with Crippen LogP contribution >= 0.6 is 0 Å². The number of hydrogen-bond acceptors (Lipinski definition) is 2. The molecule has 3 nitrogen and oxygen atoms in total. The summed E-state index contributed by atoms with van der Waals surface area (Å²) < 4.78 is 0. The largest absolute Gasteiger partial charge is 0.350 e. The molecule has 1 aromatic heterocycles. The number of para-hydroxylation sites is 1. The Bertz CT molecular complexity index is 578. The van der Waals surface area contributed by atoms with E-state index in [9.17, 15) is 4.79 Å². The van der Waals surface area contributed by atoms with Crippen LogP contribution in [0.15, 0.2) is 30.3 Å². The van der Waals surface area contributed by atoms with Gasteiger partial charge in [-0.3, -0.25) is 9.78 Å². The van der Waals surface area contributed by atoms with E-state index in [-0.39, 0.29) is 11.9 Å². The lowest BCUT2D eigenvalue weighted by molar-refractivity contribution is 0.0941. The number of carbonyl (C=O) groups is 1. The Morgan fingerprint density at radius 3 is 2.83 bits per heavy atom. The van der Waals surface area contributed by atoms with E-state index in [2.05, 4.69) is 17.2 Å². The molecule has 0 aliphatic carbocycles. The normalized spacial score (nSPS) is 12.4. The van der Waals surface area contributed by atoms with Crippen molar-refractivity contribution in [3.05, 3.63) is 41.6 Å². The SMILES string of the molecule is CC[C@H](C)NC(=O)c1cc(C)nc2ccccc12. The number of amides is 1. The maximum Gasteiger partial charge on any atom is 0.252 e. The van der Waals surface area contributed by atoms with E-state index < -0.39 is 0 Å². The number of pyridine rings is 1. The molecule has 18 heavy (non-hydrogen) atoms. The first-order valence-electron chi connectivity index (χ1n) is 6.29. The van der Waals surface area contributed by atoms with Crippen molar-refractivity contribution in [3.63, 3.8) is 0 Å². The summed E-state index contributed by atoms with van der Waals surface area (Å²) >= 11 is 0. The first-order valence-corrected chi connectivity index (χ1v) is 6.29. The molecule has 94 valence electrons. The number of aromatic nitrogens is 1. The van der Waals surface area contributed by atoms with Crippen molar-refractivity contribution in [3.8, 4) is 0 Å². The molecule has 2 aromatic rings. The summed E-state index contributed by atoms with van der Waals surface area (Å²) in [5, 5.41) is 3.90. The third-order valence-corrected chi connectivity index (χ3v) is 3.08. The van der Waals surface area contributed by atoms with Crippen LogP contribution < -0.4 is 5.32 Å². The summed E-state index contributed by atoms with van der Waals surface area (Å²) in [5.74, 6) is -0.0222. The minimum atomic E-state index is -0.0222. The first-order chi connectivity index (χ1) is 8.61. The maximum absolute atomic E-state index is 12.2. The molecule has 1 amide bonds. The van der Waals surface area contributed by atoms with Crippen LogP contribution in [0.3, 0.4) is 0 Å². The van der Waals surface area contributed by atoms with Crippen LogP contribution in [0.1, 0.15) is 36.3 Å². The molecule has 0 aliphatic rings. The number of benzene rings is 1. The number of hydrogen-bond donors (Lipinski definition) is 1. The highest BCUT2D eigenvalue weighted by molar-refractivity contribution is 6.06. The van der Waals surface area contributed by atoms with Gasteiger partial charge in [-0.25, -0.2) is 0 Å². The standard InChI is InChI=1S/C15H18N2O/c1-4-10(2)17-15(18)13-9-11(3)16-14-8-6-5-7-12(13)14/h5-10H,4H2,1-3H3,(H,17,18)/t10-/m0/s1. The predicted molar refractivity (Wildman–Crippen MR) is 73.7 cm³/mol. The zero-order chi connectivity index (χ0) is 13.1. The van der Waals surface area contributed by atoms with E-state index in [1.54, 1.807) is 0 Å². The van der Waals surface area contributed by atoms with Crippen LogP contribution in [-0.2, 0) is 0 Å². The molecule has 1 heterocycles. The molecule has 0 aliphatic heterocycles. The minimum absolute atomic E-state index is 0.0222. The van der Waals surface area contributed by atoms with E-state index in [4.69, 9.17) is 0 Å². The second-order valence-electron chi connectivity index (χ2n) is 4.61. The van der Waals surface area contributed by atoms with Crippen LogP contribution in [0.4, 0.5) is 0 Å². The smallest absolute Gasteiger partial charge is 0.252 e. The number of fused-ring (bicyclic) bond motifs is 1. The average Bonchev–Trinajstić information content (AvgIpc) is 2.37. The monoisotopic (exact) mass is 242 g/mol. The van der Waals surface area contributed by atoms with Crippen LogP contribution in [-0.4, -0.2) is 16.9 Å². The number of nitrogens with zero attached hydrogens (tertiary/aromatic N) is 1. The third kappa shape index (κ3) is 2.50. The number of carbonyl (C=O) groups excluding carboxylic acids is 1. The van der Waals surface area contributed by atoms with Crippen molar-refractivity contribution in [1.29, 1.82) is 0 Å². The zero-order valence-corrected chi connectivity index (χ0v) is 11.0. The van der Waals surface area contributed by atoms with Crippen molar-refractivity contribution in [2.24, 2.45) is 0 Å². The highest BCUT2D eigenvalue weighted by atomic mass is 16.1. The zero-order valence-electron chi connectivity index (χ0n) is 11.0. The summed E-state index contributed by atoms with van der Waals surface area (Å²) in [4.78, 5) is 16.7. The molecule has 0 unspecified atom stereocenters. The van der Waals surface area contributed by atoms with Crippen molar-refractivity contribution in [2.45, 2.75) is 33.2 Å². The molecule has 1 aromatic carbocycles. The fourth-order valence-electron chi connectivity index (χ4n) is 1.90. The van der Waals surface area contributed by atoms with Gasteiger partial charge in [0.15, 0.2) is 0 Å². The van der Waals surface area contributed by atoms with Crippen LogP contribution in [0.25, 0.3) is 10.9 Å². The van der Waals surface area contributed by atoms with Gasteiger partial charge in [-0.2, -0.15) is 0 Å². The van der Waals surface area contributed by atoms with Gasteiger partial charge in [-0.1, -0.05) is 25.1 Å². The highest BCUT2D eigenvalue weighted by Gasteiger charge is 2.13. The Morgan fingerprint density at radius 2 is 2.11 bits per heavy atom. The quantitative estimate of drug-likeness (QED) is 0.898. The van der Waals surface area contributed by atoms with E-state index in [1.807, 2.05) is 44.2 Å². The van der Waals surface area contributed by atoms with Gasteiger partial charge in [0.25, 0.3) is 5.91 Å². The predicted octanol–water partition coefficient (Wildman–Crippen LogP) is 3.07. The second-order valence-corrected chi connectivity index (χ2v) is 4.61. The lowest BCUT2D eigenvalue weighted by atomic mass is 10.1. The average molecular weight is 242 g/mol. The van der Waals surface area contributed by atoms with Crippen LogP contribution in [0, 0.1) is 6.92 Å². The highest BCUT2D eigenvalue weighted by Crippen LogP contribution is 2.18. The lowest BCUT2D eigenvalue weighted by Crippen LogP contribution is -2.32. The summed E-state index contributed by atoms with van der Waals surface area (Å²) in [6.45, 7) is 5.97. The van der Waals surface area contributed by atoms with Gasteiger partial charge in [0.1, 0.15) is 0 Å². The number of nitrogens with one attached hydrogen (secondary N) is 1. The summed E-state index contributed by atoms with van der Waals surface area (Å²) in [5.41, 5.74) is 2.44. The van der Waals surface area contributed by atoms with Gasteiger partial charge < -0.3 is 5.32 Å². The van der Waals surface area contributed by atoms with Gasteiger partial charge >= 0.3 is 0 Å². The van der Waals surface area contributed by atoms with Gasteiger partial charge in [-0.15, -0.1) is 0 Å². The van der Waals surface area contributed by atoms with Gasteiger partial charge in [0, 0.05) is 17.1 Å². The fourth-order valence-corrected chi connectivity index (χ4v) is 1.90. The first kappa shape index (κ1) is 12.6. The maximum atomic E-state index is 12.2. The Morgan fingerprint density at radius 1 is 1.39 bits per heavy atom. The molecule has 3 heteroatoms. The Labute approximate surface area is 107 Å². The Balaban J connectivity index is 2.46. The number of rotatable bonds is 3. The molecule has 0 fully saturated rings. The second kappa shape index (κ2) is 5.17. The Kier molecular flexibility index (Phi) is 3.60. The van der Waals surface area contributed by atoms with Crippen molar-refractivity contribution < 1.29 is 4.79 Å². The van der Waals surface area contributed by atoms with E-state index >= 15 is 0 Å². The summed E-state index contributed by atoms with van der Waals surface area (Å²) in [6, 6.07) is 9.77. The van der Waals surface area contributed by atoms with Gasteiger partial charge in [0.05, 0.1) is 11.1 Å². The van der Waals surface area contributed by atoms with Crippen molar-refractivity contribution >= 4 is 16.8 Å². The van der Waals surface area contributed by atoms with Gasteiger partial charge in [0.2, 0.25) is 0 Å². The van der Waals surface area contributed by atoms with Crippen molar-refractivity contribution in [1.82, 2.24) is 10.3 Å². The fraction of sp³-hybridized carbons (Fsp3) is 0.333. The topological polar surface area (TPSA) is 42.0 Å². The molecule has 0 saturated carbocycles. The van der Waals surface area contributed by atoms with Gasteiger partial charge in [-0.05, 0) is 32.4 Å². The molecule has 0 radical (unpaired) electrons.